The average molecular weight is 292 g/mol. The third-order valence-electron chi connectivity index (χ3n) is 3.36. The molecule has 0 radical (unpaired) electrons. The molecule has 0 saturated carbocycles. The van der Waals surface area contributed by atoms with E-state index in [9.17, 15) is 9.18 Å². The fraction of sp³-hybridized carbons (Fsp3) is 0.467. The molecule has 0 aromatic heterocycles. The summed E-state index contributed by atoms with van der Waals surface area (Å²) in [6.07, 6.45) is -0.714. The van der Waals surface area contributed by atoms with Crippen molar-refractivity contribution in [2.75, 3.05) is 20.2 Å². The SMILES string of the molecule is COC(=O)C1CN(Cc2ccc(F)c(C#N)c2)C[C@@H](C)O1. The molecule has 1 unspecified atom stereocenters. The summed E-state index contributed by atoms with van der Waals surface area (Å²) in [4.78, 5) is 13.6. The van der Waals surface area contributed by atoms with E-state index in [0.717, 1.165) is 5.56 Å². The Morgan fingerprint density at radius 1 is 1.57 bits per heavy atom. The number of carbonyl (C=O) groups excluding carboxylic acids is 1. The van der Waals surface area contributed by atoms with Crippen molar-refractivity contribution in [2.45, 2.75) is 25.7 Å². The molecule has 1 heterocycles. The number of carbonyl (C=O) groups is 1. The van der Waals surface area contributed by atoms with Gasteiger partial charge in [-0.05, 0) is 24.6 Å². The Bertz CT molecular complexity index is 571. The first-order valence-electron chi connectivity index (χ1n) is 6.67. The first-order chi connectivity index (χ1) is 10.0. The maximum absolute atomic E-state index is 13.3. The minimum absolute atomic E-state index is 0.0262. The summed E-state index contributed by atoms with van der Waals surface area (Å²) in [5.41, 5.74) is 0.851. The molecule has 5 nitrogen and oxygen atoms in total. The highest BCUT2D eigenvalue weighted by Gasteiger charge is 2.31. The van der Waals surface area contributed by atoms with Gasteiger partial charge in [0.05, 0.1) is 18.8 Å². The van der Waals surface area contributed by atoms with Crippen molar-refractivity contribution < 1.29 is 18.7 Å². The highest BCUT2D eigenvalue weighted by atomic mass is 19.1. The molecule has 2 atom stereocenters. The summed E-state index contributed by atoms with van der Waals surface area (Å²) >= 11 is 0. The third-order valence-corrected chi connectivity index (χ3v) is 3.36. The van der Waals surface area contributed by atoms with Gasteiger partial charge < -0.3 is 9.47 Å². The van der Waals surface area contributed by atoms with E-state index in [2.05, 4.69) is 0 Å². The van der Waals surface area contributed by atoms with Gasteiger partial charge in [-0.15, -0.1) is 0 Å². The number of rotatable bonds is 3. The molecule has 0 spiro atoms. The second-order valence-electron chi connectivity index (χ2n) is 5.08. The van der Waals surface area contributed by atoms with Crippen molar-refractivity contribution in [3.8, 4) is 6.07 Å². The molecule has 21 heavy (non-hydrogen) atoms. The van der Waals surface area contributed by atoms with Gasteiger partial charge in [-0.1, -0.05) is 6.07 Å². The largest absolute Gasteiger partial charge is 0.467 e. The van der Waals surface area contributed by atoms with Crippen molar-refractivity contribution in [3.05, 3.63) is 35.1 Å². The van der Waals surface area contributed by atoms with Gasteiger partial charge in [0.2, 0.25) is 0 Å². The van der Waals surface area contributed by atoms with Gasteiger partial charge >= 0.3 is 5.97 Å². The van der Waals surface area contributed by atoms with Crippen molar-refractivity contribution in [1.82, 2.24) is 4.90 Å². The number of esters is 1. The van der Waals surface area contributed by atoms with E-state index in [1.54, 1.807) is 6.07 Å². The number of nitrogens with zero attached hydrogens (tertiary/aromatic N) is 2. The van der Waals surface area contributed by atoms with Crippen LogP contribution >= 0.6 is 0 Å². The number of methoxy groups -OCH3 is 1. The van der Waals surface area contributed by atoms with Gasteiger partial charge in [0.25, 0.3) is 0 Å². The topological polar surface area (TPSA) is 62.6 Å². The highest BCUT2D eigenvalue weighted by molar-refractivity contribution is 5.75. The van der Waals surface area contributed by atoms with E-state index < -0.39 is 17.9 Å². The summed E-state index contributed by atoms with van der Waals surface area (Å²) < 4.78 is 23.6. The minimum atomic E-state index is -0.616. The molecule has 0 N–H and O–H groups in total. The Morgan fingerprint density at radius 3 is 3.00 bits per heavy atom. The number of nitriles is 1. The normalized spacial score (nSPS) is 22.6. The molecular formula is C15H17FN2O3. The molecule has 0 bridgehead atoms. The molecule has 1 saturated heterocycles. The van der Waals surface area contributed by atoms with Gasteiger partial charge in [0.15, 0.2) is 6.10 Å². The number of hydrogen-bond donors (Lipinski definition) is 0. The van der Waals surface area contributed by atoms with Gasteiger partial charge in [-0.2, -0.15) is 5.26 Å². The van der Waals surface area contributed by atoms with E-state index in [1.807, 2.05) is 17.9 Å². The molecule has 6 heteroatoms. The van der Waals surface area contributed by atoms with Gasteiger partial charge in [-0.3, -0.25) is 4.90 Å². The molecule has 112 valence electrons. The smallest absolute Gasteiger partial charge is 0.336 e. The van der Waals surface area contributed by atoms with Crippen LogP contribution in [-0.2, 0) is 20.8 Å². The molecule has 1 aliphatic heterocycles. The standard InChI is InChI=1S/C15H17FN2O3/c1-10-7-18(9-14(21-10)15(19)20-2)8-11-3-4-13(16)12(5-11)6-17/h3-5,10,14H,7-9H2,1-2H3/t10-,14?/m1/s1. The van der Waals surface area contributed by atoms with Crippen LogP contribution in [0.15, 0.2) is 18.2 Å². The van der Waals surface area contributed by atoms with Gasteiger partial charge in [0, 0.05) is 19.6 Å². The molecular weight excluding hydrogens is 275 g/mol. The summed E-state index contributed by atoms with van der Waals surface area (Å²) in [5.74, 6) is -0.924. The summed E-state index contributed by atoms with van der Waals surface area (Å²) in [7, 11) is 1.33. The van der Waals surface area contributed by atoms with Crippen LogP contribution in [0.1, 0.15) is 18.1 Å². The Kier molecular flexibility index (Phi) is 4.89. The molecule has 1 aliphatic rings. The quantitative estimate of drug-likeness (QED) is 0.789. The number of benzene rings is 1. The Hall–Kier alpha value is -1.97. The first-order valence-corrected chi connectivity index (χ1v) is 6.67. The second kappa shape index (κ2) is 6.66. The van der Waals surface area contributed by atoms with E-state index in [4.69, 9.17) is 14.7 Å². The van der Waals surface area contributed by atoms with Crippen molar-refractivity contribution >= 4 is 5.97 Å². The number of ether oxygens (including phenoxy) is 2. The zero-order chi connectivity index (χ0) is 15.4. The summed E-state index contributed by atoms with van der Waals surface area (Å²) in [6.45, 7) is 3.48. The highest BCUT2D eigenvalue weighted by Crippen LogP contribution is 2.17. The Morgan fingerprint density at radius 2 is 2.33 bits per heavy atom. The van der Waals surface area contributed by atoms with E-state index in [1.165, 1.54) is 19.2 Å². The molecule has 0 amide bonds. The monoisotopic (exact) mass is 292 g/mol. The molecule has 1 aromatic carbocycles. The predicted molar refractivity (Wildman–Crippen MR) is 72.7 cm³/mol. The molecule has 2 rings (SSSR count). The van der Waals surface area contributed by atoms with Crippen LogP contribution in [0.5, 0.6) is 0 Å². The lowest BCUT2D eigenvalue weighted by atomic mass is 10.1. The Balaban J connectivity index is 2.08. The Labute approximate surface area is 122 Å². The van der Waals surface area contributed by atoms with Crippen LogP contribution in [0.25, 0.3) is 0 Å². The van der Waals surface area contributed by atoms with Crippen LogP contribution in [0.2, 0.25) is 0 Å². The van der Waals surface area contributed by atoms with Crippen molar-refractivity contribution in [3.63, 3.8) is 0 Å². The average Bonchev–Trinajstić information content (AvgIpc) is 2.47. The fourth-order valence-corrected chi connectivity index (χ4v) is 2.44. The van der Waals surface area contributed by atoms with E-state index in [0.29, 0.717) is 19.6 Å². The minimum Gasteiger partial charge on any atom is -0.467 e. The lowest BCUT2D eigenvalue weighted by Gasteiger charge is -2.35. The van der Waals surface area contributed by atoms with Crippen LogP contribution in [0.3, 0.4) is 0 Å². The number of halogens is 1. The third kappa shape index (κ3) is 3.78. The van der Waals surface area contributed by atoms with Crippen LogP contribution in [-0.4, -0.2) is 43.3 Å². The van der Waals surface area contributed by atoms with Crippen LogP contribution in [0, 0.1) is 17.1 Å². The molecule has 1 fully saturated rings. The van der Waals surface area contributed by atoms with E-state index >= 15 is 0 Å². The van der Waals surface area contributed by atoms with E-state index in [-0.39, 0.29) is 11.7 Å². The second-order valence-corrected chi connectivity index (χ2v) is 5.08. The lowest BCUT2D eigenvalue weighted by molar-refractivity contribution is -0.166. The number of hydrogen-bond acceptors (Lipinski definition) is 5. The summed E-state index contributed by atoms with van der Waals surface area (Å²) in [6, 6.07) is 6.29. The predicted octanol–water partition coefficient (Wildman–Crippen LogP) is 1.46. The first kappa shape index (κ1) is 15.4. The maximum Gasteiger partial charge on any atom is 0.336 e. The fourth-order valence-electron chi connectivity index (χ4n) is 2.44. The van der Waals surface area contributed by atoms with Gasteiger partial charge in [-0.25, -0.2) is 9.18 Å². The number of morpholine rings is 1. The molecule has 0 aliphatic carbocycles. The summed E-state index contributed by atoms with van der Waals surface area (Å²) in [5, 5.41) is 8.85. The van der Waals surface area contributed by atoms with Crippen LogP contribution < -0.4 is 0 Å². The zero-order valence-electron chi connectivity index (χ0n) is 12.0. The van der Waals surface area contributed by atoms with Crippen LogP contribution in [0.4, 0.5) is 4.39 Å². The molecule has 1 aromatic rings. The van der Waals surface area contributed by atoms with Gasteiger partial charge in [0.1, 0.15) is 11.9 Å². The maximum atomic E-state index is 13.3. The van der Waals surface area contributed by atoms with Crippen molar-refractivity contribution in [1.29, 1.82) is 5.26 Å². The lowest BCUT2D eigenvalue weighted by Crippen LogP contribution is -2.49. The van der Waals surface area contributed by atoms with Crippen molar-refractivity contribution in [2.24, 2.45) is 0 Å². The zero-order valence-corrected chi connectivity index (χ0v) is 12.0.